The minimum atomic E-state index is 0.685. The van der Waals surface area contributed by atoms with Crippen LogP contribution in [0.15, 0.2) is 0 Å². The number of imidazole rings is 1. The summed E-state index contributed by atoms with van der Waals surface area (Å²) in [4.78, 5) is 7.99. The van der Waals surface area contributed by atoms with Gasteiger partial charge in [0.25, 0.3) is 0 Å². The molecule has 3 nitrogen and oxygen atoms in total. The number of aryl methyl sites for hydroxylation is 1. The van der Waals surface area contributed by atoms with Crippen LogP contribution in [-0.4, -0.2) is 16.5 Å². The number of nitrogens with one attached hydrogen (secondary N) is 1. The molecule has 1 aliphatic carbocycles. The van der Waals surface area contributed by atoms with Crippen molar-refractivity contribution < 1.29 is 0 Å². The molecule has 2 rings (SSSR count). The van der Waals surface area contributed by atoms with Gasteiger partial charge in [0, 0.05) is 18.0 Å². The van der Waals surface area contributed by atoms with Crippen LogP contribution in [-0.2, 0) is 6.42 Å². The topological polar surface area (TPSA) is 54.7 Å². The van der Waals surface area contributed by atoms with Crippen molar-refractivity contribution in [2.24, 2.45) is 5.73 Å². The first-order chi connectivity index (χ1) is 7.31. The Balaban J connectivity index is 2.17. The molecule has 0 unspecified atom stereocenters. The lowest BCUT2D eigenvalue weighted by Crippen LogP contribution is -2.10. The average Bonchev–Trinajstić information content (AvgIpc) is 2.62. The van der Waals surface area contributed by atoms with E-state index in [9.17, 15) is 0 Å². The molecule has 0 aromatic carbocycles. The van der Waals surface area contributed by atoms with Gasteiger partial charge in [0.15, 0.2) is 0 Å². The minimum Gasteiger partial charge on any atom is -0.346 e. The molecule has 3 N–H and O–H groups in total. The standard InChI is InChI=1S/C12H21N3/c1-9-14-11(7-8-13)12(15-9)10-5-3-2-4-6-10/h10H,2-8,13H2,1H3,(H,14,15). The van der Waals surface area contributed by atoms with Crippen molar-refractivity contribution in [2.75, 3.05) is 6.54 Å². The van der Waals surface area contributed by atoms with Crippen LogP contribution in [0.3, 0.4) is 0 Å². The Morgan fingerprint density at radius 3 is 2.73 bits per heavy atom. The first-order valence-electron chi connectivity index (χ1n) is 6.06. The van der Waals surface area contributed by atoms with E-state index >= 15 is 0 Å². The van der Waals surface area contributed by atoms with E-state index in [1.54, 1.807) is 0 Å². The van der Waals surface area contributed by atoms with Crippen LogP contribution < -0.4 is 5.73 Å². The van der Waals surface area contributed by atoms with Crippen LogP contribution in [0.5, 0.6) is 0 Å². The van der Waals surface area contributed by atoms with Crippen LogP contribution in [0.25, 0.3) is 0 Å². The van der Waals surface area contributed by atoms with Gasteiger partial charge in [-0.05, 0) is 26.3 Å². The Labute approximate surface area is 91.5 Å². The number of nitrogens with zero attached hydrogens (tertiary/aromatic N) is 1. The lowest BCUT2D eigenvalue weighted by molar-refractivity contribution is 0.435. The highest BCUT2D eigenvalue weighted by Crippen LogP contribution is 2.33. The molecule has 3 heteroatoms. The molecule has 0 amide bonds. The van der Waals surface area contributed by atoms with Gasteiger partial charge in [-0.2, -0.15) is 0 Å². The predicted molar refractivity (Wildman–Crippen MR) is 61.9 cm³/mol. The zero-order chi connectivity index (χ0) is 10.7. The van der Waals surface area contributed by atoms with E-state index in [4.69, 9.17) is 5.73 Å². The van der Waals surface area contributed by atoms with Gasteiger partial charge in [-0.25, -0.2) is 4.98 Å². The van der Waals surface area contributed by atoms with Crippen molar-refractivity contribution in [1.82, 2.24) is 9.97 Å². The Bertz CT molecular complexity index is 311. The lowest BCUT2D eigenvalue weighted by Gasteiger charge is -2.20. The minimum absolute atomic E-state index is 0.685. The number of rotatable bonds is 3. The van der Waals surface area contributed by atoms with Crippen molar-refractivity contribution in [1.29, 1.82) is 0 Å². The third-order valence-electron chi connectivity index (χ3n) is 3.32. The van der Waals surface area contributed by atoms with E-state index in [2.05, 4.69) is 9.97 Å². The Hall–Kier alpha value is -0.830. The zero-order valence-electron chi connectivity index (χ0n) is 9.55. The van der Waals surface area contributed by atoms with Gasteiger partial charge in [0.1, 0.15) is 5.82 Å². The fraction of sp³-hybridized carbons (Fsp3) is 0.750. The van der Waals surface area contributed by atoms with Gasteiger partial charge in [0.05, 0.1) is 5.69 Å². The molecule has 0 atom stereocenters. The number of hydrogen-bond acceptors (Lipinski definition) is 2. The van der Waals surface area contributed by atoms with Crippen LogP contribution >= 0.6 is 0 Å². The summed E-state index contributed by atoms with van der Waals surface area (Å²) >= 11 is 0. The quantitative estimate of drug-likeness (QED) is 0.798. The number of aromatic nitrogens is 2. The first-order valence-corrected chi connectivity index (χ1v) is 6.06. The maximum Gasteiger partial charge on any atom is 0.103 e. The van der Waals surface area contributed by atoms with E-state index < -0.39 is 0 Å². The van der Waals surface area contributed by atoms with Crippen molar-refractivity contribution in [3.8, 4) is 0 Å². The van der Waals surface area contributed by atoms with Crippen LogP contribution in [0.2, 0.25) is 0 Å². The lowest BCUT2D eigenvalue weighted by atomic mass is 9.86. The summed E-state index contributed by atoms with van der Waals surface area (Å²) in [5.74, 6) is 1.73. The summed E-state index contributed by atoms with van der Waals surface area (Å²) in [6.07, 6.45) is 7.67. The normalized spacial score (nSPS) is 18.3. The Kier molecular flexibility index (Phi) is 3.41. The summed E-state index contributed by atoms with van der Waals surface area (Å²) in [6.45, 7) is 2.74. The second-order valence-electron chi connectivity index (χ2n) is 4.56. The molecule has 15 heavy (non-hydrogen) atoms. The molecule has 1 aromatic heterocycles. The molecule has 1 aliphatic rings. The van der Waals surface area contributed by atoms with Gasteiger partial charge in [0.2, 0.25) is 0 Å². The van der Waals surface area contributed by atoms with Crippen molar-refractivity contribution in [2.45, 2.75) is 51.4 Å². The molecule has 0 saturated heterocycles. The molecule has 1 aromatic rings. The highest BCUT2D eigenvalue weighted by Gasteiger charge is 2.21. The number of nitrogens with two attached hydrogens (primary N) is 1. The highest BCUT2D eigenvalue weighted by atomic mass is 14.9. The van der Waals surface area contributed by atoms with E-state index in [0.29, 0.717) is 12.5 Å². The molecular weight excluding hydrogens is 186 g/mol. The summed E-state index contributed by atoms with van der Waals surface area (Å²) < 4.78 is 0. The second kappa shape index (κ2) is 4.79. The van der Waals surface area contributed by atoms with E-state index in [1.807, 2.05) is 6.92 Å². The maximum atomic E-state index is 5.62. The molecule has 84 valence electrons. The molecule has 0 spiro atoms. The molecule has 0 aliphatic heterocycles. The largest absolute Gasteiger partial charge is 0.346 e. The van der Waals surface area contributed by atoms with Gasteiger partial charge in [-0.1, -0.05) is 19.3 Å². The summed E-state index contributed by atoms with van der Waals surface area (Å²) in [6, 6.07) is 0. The third-order valence-corrected chi connectivity index (χ3v) is 3.32. The van der Waals surface area contributed by atoms with Crippen LogP contribution in [0.4, 0.5) is 0 Å². The summed E-state index contributed by atoms with van der Waals surface area (Å²) in [5, 5.41) is 0. The SMILES string of the molecule is Cc1nc(C2CCCCC2)c(CCN)[nH]1. The summed E-state index contributed by atoms with van der Waals surface area (Å²) in [5.41, 5.74) is 8.20. The predicted octanol–water partition coefficient (Wildman–Crippen LogP) is 2.27. The van der Waals surface area contributed by atoms with Gasteiger partial charge >= 0.3 is 0 Å². The average molecular weight is 207 g/mol. The number of aromatic amines is 1. The Morgan fingerprint density at radius 1 is 1.33 bits per heavy atom. The fourth-order valence-corrected chi connectivity index (χ4v) is 2.61. The van der Waals surface area contributed by atoms with Gasteiger partial charge in [-0.15, -0.1) is 0 Å². The Morgan fingerprint density at radius 2 is 2.07 bits per heavy atom. The van der Waals surface area contributed by atoms with E-state index in [0.717, 1.165) is 12.2 Å². The molecule has 1 heterocycles. The molecular formula is C12H21N3. The van der Waals surface area contributed by atoms with Gasteiger partial charge < -0.3 is 10.7 Å². The molecule has 0 bridgehead atoms. The highest BCUT2D eigenvalue weighted by molar-refractivity contribution is 5.19. The summed E-state index contributed by atoms with van der Waals surface area (Å²) in [7, 11) is 0. The zero-order valence-corrected chi connectivity index (χ0v) is 9.55. The number of hydrogen-bond donors (Lipinski definition) is 2. The van der Waals surface area contributed by atoms with Gasteiger partial charge in [-0.3, -0.25) is 0 Å². The fourth-order valence-electron chi connectivity index (χ4n) is 2.61. The first kappa shape index (κ1) is 10.7. The smallest absolute Gasteiger partial charge is 0.103 e. The van der Waals surface area contributed by atoms with Crippen molar-refractivity contribution >= 4 is 0 Å². The van der Waals surface area contributed by atoms with Crippen LogP contribution in [0.1, 0.15) is 55.2 Å². The number of H-pyrrole nitrogens is 1. The monoisotopic (exact) mass is 207 g/mol. The van der Waals surface area contributed by atoms with Crippen molar-refractivity contribution in [3.05, 3.63) is 17.2 Å². The molecule has 0 radical (unpaired) electrons. The van der Waals surface area contributed by atoms with E-state index in [-0.39, 0.29) is 0 Å². The third kappa shape index (κ3) is 2.40. The maximum absolute atomic E-state index is 5.62. The van der Waals surface area contributed by atoms with E-state index in [1.165, 1.54) is 43.5 Å². The van der Waals surface area contributed by atoms with Crippen LogP contribution in [0, 0.1) is 6.92 Å². The second-order valence-corrected chi connectivity index (χ2v) is 4.56. The van der Waals surface area contributed by atoms with Crippen molar-refractivity contribution in [3.63, 3.8) is 0 Å². The molecule has 1 saturated carbocycles. The molecule has 1 fully saturated rings.